The number of para-hydroxylation sites is 1. The third-order valence-electron chi connectivity index (χ3n) is 5.38. The van der Waals surface area contributed by atoms with Gasteiger partial charge in [-0.15, -0.1) is 12.4 Å². The highest BCUT2D eigenvalue weighted by molar-refractivity contribution is 7.07. The molecule has 0 aliphatic heterocycles. The Hall–Kier alpha value is -2.74. The summed E-state index contributed by atoms with van der Waals surface area (Å²) in [5, 5.41) is 1.53. The van der Waals surface area contributed by atoms with Gasteiger partial charge in [-0.1, -0.05) is 25.1 Å². The number of ether oxygens (including phenoxy) is 2. The van der Waals surface area contributed by atoms with Crippen LogP contribution in [-0.2, 0) is 6.42 Å². The average molecular weight is 471 g/mol. The van der Waals surface area contributed by atoms with Crippen molar-refractivity contribution >= 4 is 34.8 Å². The van der Waals surface area contributed by atoms with E-state index in [0.29, 0.717) is 22.5 Å². The number of hydrogen-bond donors (Lipinski definition) is 0. The molecule has 0 aliphatic rings. The molecule has 32 heavy (non-hydrogen) atoms. The van der Waals surface area contributed by atoms with Gasteiger partial charge in [-0.25, -0.2) is 0 Å². The van der Waals surface area contributed by atoms with Gasteiger partial charge in [0, 0.05) is 35.2 Å². The molecule has 0 spiro atoms. The van der Waals surface area contributed by atoms with Crippen LogP contribution in [-0.4, -0.2) is 46.5 Å². The fraction of sp³-hybridized carbons (Fsp3) is 0.292. The molecular weight excluding hydrogens is 444 g/mol. The Bertz CT molecular complexity index is 1200. The van der Waals surface area contributed by atoms with E-state index < -0.39 is 0 Å². The topological polar surface area (TPSA) is 60.4 Å². The maximum Gasteiger partial charge on any atom is 0.299 e. The molecule has 0 atom stereocenters. The first kappa shape index (κ1) is 23.9. The van der Waals surface area contributed by atoms with Gasteiger partial charge in [-0.2, -0.15) is 9.36 Å². The molecule has 0 bridgehead atoms. The Kier molecular flexibility index (Phi) is 8.01. The summed E-state index contributed by atoms with van der Waals surface area (Å²) in [7, 11) is 3.79. The quantitative estimate of drug-likeness (QED) is 0.325. The third-order valence-corrected chi connectivity index (χ3v) is 5.97. The number of halogens is 1. The van der Waals surface area contributed by atoms with Crippen LogP contribution in [0.25, 0.3) is 22.3 Å². The molecule has 0 aliphatic carbocycles. The Labute approximate surface area is 198 Å². The molecule has 6 nitrogen and oxygen atoms in total. The van der Waals surface area contributed by atoms with Crippen molar-refractivity contribution in [1.29, 1.82) is 0 Å². The van der Waals surface area contributed by atoms with Crippen LogP contribution in [0.4, 0.5) is 0 Å². The summed E-state index contributed by atoms with van der Waals surface area (Å²) in [5.74, 6) is 1.95. The van der Waals surface area contributed by atoms with E-state index in [1.54, 1.807) is 13.3 Å². The van der Waals surface area contributed by atoms with E-state index in [4.69, 9.17) is 9.47 Å². The molecule has 4 rings (SSSR count). The van der Waals surface area contributed by atoms with Crippen LogP contribution in [0, 0.1) is 6.92 Å². The second kappa shape index (κ2) is 10.7. The standard InChI is InChI=1S/C24H26N4O2S.ClH/c1-5-28(3)11-10-17-14-21(29-4)22(12-16(17)2)30-24-26-23(27-31-24)19-13-18-8-6-7-9-20(18)25-15-19;/h6-9,12-15H,5,10-11H2,1-4H3;1H. The zero-order valence-corrected chi connectivity index (χ0v) is 20.3. The van der Waals surface area contributed by atoms with Crippen LogP contribution >= 0.6 is 23.9 Å². The third kappa shape index (κ3) is 5.35. The van der Waals surface area contributed by atoms with Crippen molar-refractivity contribution in [2.75, 3.05) is 27.2 Å². The molecule has 168 valence electrons. The van der Waals surface area contributed by atoms with Gasteiger partial charge in [-0.05, 0) is 62.3 Å². The lowest BCUT2D eigenvalue weighted by Crippen LogP contribution is -2.20. The van der Waals surface area contributed by atoms with Gasteiger partial charge < -0.3 is 14.4 Å². The number of rotatable bonds is 8. The molecule has 4 aromatic rings. The zero-order chi connectivity index (χ0) is 21.8. The maximum atomic E-state index is 6.06. The minimum atomic E-state index is 0. The first-order valence-electron chi connectivity index (χ1n) is 10.3. The molecule has 2 heterocycles. The van der Waals surface area contributed by atoms with E-state index in [1.807, 2.05) is 36.4 Å². The smallest absolute Gasteiger partial charge is 0.299 e. The predicted molar refractivity (Wildman–Crippen MR) is 133 cm³/mol. The minimum Gasteiger partial charge on any atom is -0.493 e. The Morgan fingerprint density at radius 3 is 2.69 bits per heavy atom. The molecule has 0 radical (unpaired) electrons. The summed E-state index contributed by atoms with van der Waals surface area (Å²) in [4.78, 5) is 11.4. The van der Waals surface area contributed by atoms with Crippen molar-refractivity contribution in [1.82, 2.24) is 19.2 Å². The largest absolute Gasteiger partial charge is 0.493 e. The maximum absolute atomic E-state index is 6.06. The molecule has 2 aromatic carbocycles. The summed E-state index contributed by atoms with van der Waals surface area (Å²) in [5.41, 5.74) is 4.24. The number of pyridine rings is 1. The van der Waals surface area contributed by atoms with Crippen molar-refractivity contribution in [2.45, 2.75) is 20.3 Å². The van der Waals surface area contributed by atoms with E-state index in [9.17, 15) is 0 Å². The summed E-state index contributed by atoms with van der Waals surface area (Å²) >= 11 is 1.22. The number of benzene rings is 2. The molecule has 2 aromatic heterocycles. The monoisotopic (exact) mass is 470 g/mol. The van der Waals surface area contributed by atoms with E-state index in [-0.39, 0.29) is 12.4 Å². The molecule has 0 unspecified atom stereocenters. The van der Waals surface area contributed by atoms with Gasteiger partial charge in [0.2, 0.25) is 0 Å². The number of fused-ring (bicyclic) bond motifs is 1. The number of aromatic nitrogens is 3. The van der Waals surface area contributed by atoms with Gasteiger partial charge in [0.1, 0.15) is 0 Å². The summed E-state index contributed by atoms with van der Waals surface area (Å²) in [6.07, 6.45) is 2.76. The molecule has 0 saturated carbocycles. The van der Waals surface area contributed by atoms with Crippen LogP contribution in [0.5, 0.6) is 16.7 Å². The Balaban J connectivity index is 0.00000289. The summed E-state index contributed by atoms with van der Waals surface area (Å²) < 4.78 is 16.1. The van der Waals surface area contributed by atoms with Crippen molar-refractivity contribution in [2.24, 2.45) is 0 Å². The number of methoxy groups -OCH3 is 1. The fourth-order valence-corrected chi connectivity index (χ4v) is 3.90. The van der Waals surface area contributed by atoms with Crippen molar-refractivity contribution in [3.8, 4) is 28.1 Å². The first-order valence-corrected chi connectivity index (χ1v) is 11.1. The van der Waals surface area contributed by atoms with Crippen molar-refractivity contribution in [3.63, 3.8) is 0 Å². The van der Waals surface area contributed by atoms with Crippen LogP contribution < -0.4 is 9.47 Å². The van der Waals surface area contributed by atoms with Crippen molar-refractivity contribution < 1.29 is 9.47 Å². The second-order valence-corrected chi connectivity index (χ2v) is 8.19. The van der Waals surface area contributed by atoms with Gasteiger partial charge in [0.25, 0.3) is 5.19 Å². The van der Waals surface area contributed by atoms with Crippen LogP contribution in [0.2, 0.25) is 0 Å². The summed E-state index contributed by atoms with van der Waals surface area (Å²) in [6.45, 7) is 6.29. The number of aryl methyl sites for hydroxylation is 1. The molecule has 0 fully saturated rings. The SMILES string of the molecule is CCN(C)CCc1cc(OC)c(Oc2nc(-c3cnc4ccccc4c3)ns2)cc1C.Cl. The molecular formula is C24H27ClN4O2S. The molecule has 0 saturated heterocycles. The highest BCUT2D eigenvalue weighted by atomic mass is 35.5. The van der Waals surface area contributed by atoms with Gasteiger partial charge in [0.15, 0.2) is 17.3 Å². The normalized spacial score (nSPS) is 10.9. The highest BCUT2D eigenvalue weighted by Crippen LogP contribution is 2.36. The predicted octanol–water partition coefficient (Wildman–Crippen LogP) is 5.78. The lowest BCUT2D eigenvalue weighted by molar-refractivity contribution is 0.355. The molecule has 0 N–H and O–H groups in total. The lowest BCUT2D eigenvalue weighted by Gasteiger charge is -2.16. The van der Waals surface area contributed by atoms with Gasteiger partial charge in [0.05, 0.1) is 12.6 Å². The fourth-order valence-electron chi connectivity index (χ4n) is 3.34. The first-order chi connectivity index (χ1) is 15.1. The lowest BCUT2D eigenvalue weighted by atomic mass is 10.0. The molecule has 0 amide bonds. The second-order valence-electron chi connectivity index (χ2n) is 7.48. The van der Waals surface area contributed by atoms with Crippen LogP contribution in [0.15, 0.2) is 48.7 Å². The Morgan fingerprint density at radius 1 is 1.09 bits per heavy atom. The highest BCUT2D eigenvalue weighted by Gasteiger charge is 2.15. The van der Waals surface area contributed by atoms with E-state index in [1.165, 1.54) is 22.7 Å². The van der Waals surface area contributed by atoms with Crippen molar-refractivity contribution in [3.05, 3.63) is 59.8 Å². The summed E-state index contributed by atoms with van der Waals surface area (Å²) in [6, 6.07) is 14.1. The van der Waals surface area contributed by atoms with E-state index in [0.717, 1.165) is 36.0 Å². The molecule has 8 heteroatoms. The van der Waals surface area contributed by atoms with Gasteiger partial charge >= 0.3 is 0 Å². The zero-order valence-electron chi connectivity index (χ0n) is 18.7. The number of likely N-dealkylation sites (N-methyl/N-ethyl adjacent to an activating group) is 1. The van der Waals surface area contributed by atoms with E-state index >= 15 is 0 Å². The van der Waals surface area contributed by atoms with E-state index in [2.05, 4.69) is 46.2 Å². The Morgan fingerprint density at radius 2 is 1.91 bits per heavy atom. The number of nitrogens with zero attached hydrogens (tertiary/aromatic N) is 4. The van der Waals surface area contributed by atoms with Crippen LogP contribution in [0.3, 0.4) is 0 Å². The van der Waals surface area contributed by atoms with Crippen LogP contribution in [0.1, 0.15) is 18.1 Å². The average Bonchev–Trinajstić information content (AvgIpc) is 3.26. The minimum absolute atomic E-state index is 0. The number of hydrogen-bond acceptors (Lipinski definition) is 7. The van der Waals surface area contributed by atoms with Gasteiger partial charge in [-0.3, -0.25) is 4.98 Å².